The summed E-state index contributed by atoms with van der Waals surface area (Å²) in [6.07, 6.45) is 4.27. The molecular weight excluding hydrogens is 276 g/mol. The number of ether oxygens (including phenoxy) is 1. The first-order valence-corrected chi connectivity index (χ1v) is 7.17. The predicted molar refractivity (Wildman–Crippen MR) is 80.5 cm³/mol. The molecule has 1 amide bonds. The predicted octanol–water partition coefficient (Wildman–Crippen LogP) is 3.64. The first-order valence-electron chi connectivity index (χ1n) is 6.79. The quantitative estimate of drug-likeness (QED) is 0.865. The summed E-state index contributed by atoms with van der Waals surface area (Å²) < 4.78 is 5.16. The summed E-state index contributed by atoms with van der Waals surface area (Å²) in [6, 6.07) is 4.94. The number of carbonyl (C=O) groups excluding carboxylic acids is 1. The molecule has 1 saturated carbocycles. The smallest absolute Gasteiger partial charge is 0.275 e. The van der Waals surface area contributed by atoms with Crippen molar-refractivity contribution in [3.8, 4) is 5.75 Å². The van der Waals surface area contributed by atoms with E-state index in [1.165, 1.54) is 13.5 Å². The molecule has 0 aromatic heterocycles. The minimum Gasteiger partial charge on any atom is -0.496 e. The largest absolute Gasteiger partial charge is 0.496 e. The van der Waals surface area contributed by atoms with E-state index in [4.69, 9.17) is 16.3 Å². The Labute approximate surface area is 124 Å². The van der Waals surface area contributed by atoms with E-state index in [-0.39, 0.29) is 5.91 Å². The van der Waals surface area contributed by atoms with Crippen LogP contribution in [0.1, 0.15) is 43.0 Å². The van der Waals surface area contributed by atoms with Gasteiger partial charge in [0, 0.05) is 10.7 Å². The average molecular weight is 295 g/mol. The molecule has 0 bridgehead atoms. The Morgan fingerprint density at radius 1 is 1.50 bits per heavy atom. The molecule has 1 atom stereocenters. The highest BCUT2D eigenvalue weighted by atomic mass is 35.5. The van der Waals surface area contributed by atoms with Gasteiger partial charge in [-0.25, -0.2) is 5.43 Å². The van der Waals surface area contributed by atoms with E-state index in [2.05, 4.69) is 17.5 Å². The van der Waals surface area contributed by atoms with Crippen molar-refractivity contribution in [2.24, 2.45) is 11.0 Å². The van der Waals surface area contributed by atoms with Gasteiger partial charge in [0.15, 0.2) is 0 Å². The van der Waals surface area contributed by atoms with Crippen LogP contribution >= 0.6 is 11.6 Å². The van der Waals surface area contributed by atoms with Crippen LogP contribution in [0.3, 0.4) is 0 Å². The molecule has 1 unspecified atom stereocenters. The van der Waals surface area contributed by atoms with E-state index >= 15 is 0 Å². The summed E-state index contributed by atoms with van der Waals surface area (Å²) in [5.74, 6) is 0.833. The van der Waals surface area contributed by atoms with Crippen LogP contribution in [0.25, 0.3) is 0 Å². The molecule has 0 saturated heterocycles. The van der Waals surface area contributed by atoms with Crippen molar-refractivity contribution in [3.63, 3.8) is 0 Å². The van der Waals surface area contributed by atoms with Gasteiger partial charge in [0.25, 0.3) is 5.91 Å². The fraction of sp³-hybridized carbons (Fsp3) is 0.467. The summed E-state index contributed by atoms with van der Waals surface area (Å²) in [6.45, 7) is 2.20. The van der Waals surface area contributed by atoms with Gasteiger partial charge >= 0.3 is 0 Å². The van der Waals surface area contributed by atoms with E-state index in [1.807, 2.05) is 0 Å². The molecule has 2 rings (SSSR count). The highest BCUT2D eigenvalue weighted by Gasteiger charge is 2.16. The van der Waals surface area contributed by atoms with Gasteiger partial charge in [0.2, 0.25) is 0 Å². The highest BCUT2D eigenvalue weighted by Crippen LogP contribution is 2.23. The number of benzene rings is 1. The third-order valence-corrected chi connectivity index (χ3v) is 3.70. The van der Waals surface area contributed by atoms with Crippen LogP contribution in [0, 0.1) is 5.92 Å². The fourth-order valence-corrected chi connectivity index (χ4v) is 2.58. The molecule has 0 aliphatic heterocycles. The number of nitrogens with one attached hydrogen (secondary N) is 1. The van der Waals surface area contributed by atoms with E-state index in [0.717, 1.165) is 25.0 Å². The van der Waals surface area contributed by atoms with Gasteiger partial charge in [0.1, 0.15) is 5.75 Å². The Kier molecular flexibility index (Phi) is 5.01. The number of nitrogens with zero attached hydrogens (tertiary/aromatic N) is 1. The summed E-state index contributed by atoms with van der Waals surface area (Å²) in [5.41, 5.74) is 4.05. The van der Waals surface area contributed by atoms with Crippen molar-refractivity contribution < 1.29 is 9.53 Å². The Hall–Kier alpha value is -1.55. The van der Waals surface area contributed by atoms with E-state index in [0.29, 0.717) is 22.3 Å². The minimum absolute atomic E-state index is 0.296. The third-order valence-electron chi connectivity index (χ3n) is 3.47. The van der Waals surface area contributed by atoms with Crippen molar-refractivity contribution in [1.29, 1.82) is 0 Å². The molecule has 20 heavy (non-hydrogen) atoms. The maximum Gasteiger partial charge on any atom is 0.275 e. The Morgan fingerprint density at radius 3 is 3.00 bits per heavy atom. The molecule has 0 heterocycles. The van der Waals surface area contributed by atoms with Crippen LogP contribution in [0.4, 0.5) is 0 Å². The van der Waals surface area contributed by atoms with Crippen molar-refractivity contribution >= 4 is 23.2 Å². The molecule has 0 radical (unpaired) electrons. The Morgan fingerprint density at radius 2 is 2.30 bits per heavy atom. The zero-order valence-corrected chi connectivity index (χ0v) is 12.5. The summed E-state index contributed by atoms with van der Waals surface area (Å²) in [7, 11) is 1.52. The van der Waals surface area contributed by atoms with Crippen LogP contribution in [-0.2, 0) is 0 Å². The number of hydrazone groups is 1. The first kappa shape index (κ1) is 14.9. The second-order valence-corrected chi connectivity index (χ2v) is 5.60. The lowest BCUT2D eigenvalue weighted by Gasteiger charge is -2.19. The number of hydrogen-bond donors (Lipinski definition) is 1. The van der Waals surface area contributed by atoms with Crippen LogP contribution in [0.15, 0.2) is 23.3 Å². The SMILES string of the molecule is COc1ccc(Cl)cc1C(=O)N/N=C1/CCCC(C)C1. The monoisotopic (exact) mass is 294 g/mol. The van der Waals surface area contributed by atoms with Gasteiger partial charge in [-0.1, -0.05) is 18.5 Å². The summed E-state index contributed by atoms with van der Waals surface area (Å²) in [5, 5.41) is 4.73. The molecule has 4 nitrogen and oxygen atoms in total. The number of halogens is 1. The van der Waals surface area contributed by atoms with Crippen LogP contribution in [0.2, 0.25) is 5.02 Å². The number of hydrogen-bond acceptors (Lipinski definition) is 3. The molecule has 1 aliphatic carbocycles. The molecular formula is C15H19ClN2O2. The van der Waals surface area contributed by atoms with E-state index in [1.54, 1.807) is 18.2 Å². The van der Waals surface area contributed by atoms with Crippen molar-refractivity contribution in [2.45, 2.75) is 32.6 Å². The van der Waals surface area contributed by atoms with Crippen LogP contribution < -0.4 is 10.2 Å². The lowest BCUT2D eigenvalue weighted by Crippen LogP contribution is -2.22. The Balaban J connectivity index is 2.08. The maximum absolute atomic E-state index is 12.1. The van der Waals surface area contributed by atoms with Gasteiger partial charge in [-0.2, -0.15) is 5.10 Å². The molecule has 1 aromatic rings. The molecule has 108 valence electrons. The number of rotatable bonds is 3. The highest BCUT2D eigenvalue weighted by molar-refractivity contribution is 6.31. The topological polar surface area (TPSA) is 50.7 Å². The number of methoxy groups -OCH3 is 1. The number of carbonyl (C=O) groups is 1. The summed E-state index contributed by atoms with van der Waals surface area (Å²) >= 11 is 5.91. The molecule has 1 aliphatic rings. The van der Waals surface area contributed by atoms with Gasteiger partial charge in [-0.15, -0.1) is 0 Å². The molecule has 1 aromatic carbocycles. The zero-order chi connectivity index (χ0) is 14.5. The van der Waals surface area contributed by atoms with Gasteiger partial charge in [-0.3, -0.25) is 4.79 Å². The average Bonchev–Trinajstić information content (AvgIpc) is 2.45. The second-order valence-electron chi connectivity index (χ2n) is 5.17. The standard InChI is InChI=1S/C15H19ClN2O2/c1-10-4-3-5-12(8-10)17-18-15(19)13-9-11(16)6-7-14(13)20-2/h6-7,9-10H,3-5,8H2,1-2H3,(H,18,19)/b17-12-. The number of amides is 1. The van der Waals surface area contributed by atoms with Crippen molar-refractivity contribution in [1.82, 2.24) is 5.43 Å². The van der Waals surface area contributed by atoms with Crippen LogP contribution in [-0.4, -0.2) is 18.7 Å². The van der Waals surface area contributed by atoms with E-state index in [9.17, 15) is 4.79 Å². The molecule has 5 heteroatoms. The second kappa shape index (κ2) is 6.75. The molecule has 1 N–H and O–H groups in total. The normalized spacial score (nSPS) is 20.8. The lowest BCUT2D eigenvalue weighted by molar-refractivity contribution is 0.0951. The third kappa shape index (κ3) is 3.73. The van der Waals surface area contributed by atoms with Gasteiger partial charge < -0.3 is 4.74 Å². The first-order chi connectivity index (χ1) is 9.60. The fourth-order valence-electron chi connectivity index (χ4n) is 2.41. The van der Waals surface area contributed by atoms with Crippen molar-refractivity contribution in [3.05, 3.63) is 28.8 Å². The van der Waals surface area contributed by atoms with E-state index < -0.39 is 0 Å². The van der Waals surface area contributed by atoms with Crippen LogP contribution in [0.5, 0.6) is 5.75 Å². The van der Waals surface area contributed by atoms with Gasteiger partial charge in [0.05, 0.1) is 12.7 Å². The zero-order valence-electron chi connectivity index (χ0n) is 11.8. The minimum atomic E-state index is -0.296. The van der Waals surface area contributed by atoms with Crippen molar-refractivity contribution in [2.75, 3.05) is 7.11 Å². The molecule has 0 spiro atoms. The lowest BCUT2D eigenvalue weighted by atomic mass is 9.89. The summed E-state index contributed by atoms with van der Waals surface area (Å²) in [4.78, 5) is 12.1. The maximum atomic E-state index is 12.1. The molecule has 1 fully saturated rings. The Bertz CT molecular complexity index is 529. The van der Waals surface area contributed by atoms with Gasteiger partial charge in [-0.05, 0) is 49.8 Å².